The van der Waals surface area contributed by atoms with Gasteiger partial charge < -0.3 is 0 Å². The fourth-order valence-corrected chi connectivity index (χ4v) is 0.491. The van der Waals surface area contributed by atoms with Crippen molar-refractivity contribution in [2.75, 3.05) is 0 Å². The molecule has 11 heavy (non-hydrogen) atoms. The van der Waals surface area contributed by atoms with Crippen LogP contribution in [0, 0.1) is 5.41 Å². The minimum absolute atomic E-state index is 0. The van der Waals surface area contributed by atoms with Crippen LogP contribution in [0.4, 0.5) is 0 Å². The molecular weight excluding hydrogens is 145 g/mol. The zero-order valence-electron chi connectivity index (χ0n) is 7.73. The Morgan fingerprint density at radius 3 is 1.45 bits per heavy atom. The average molecular weight is 164 g/mol. The quantitative estimate of drug-likeness (QED) is 0.510. The lowest BCUT2D eigenvalue weighted by Crippen LogP contribution is -2.32. The number of hydrogen-bond acceptors (Lipinski definition) is 0. The first-order valence-corrected chi connectivity index (χ1v) is 3.71. The van der Waals surface area contributed by atoms with Crippen molar-refractivity contribution in [3.8, 4) is 0 Å². The van der Waals surface area contributed by atoms with E-state index in [4.69, 9.17) is 7.74 Å². The lowest BCUT2D eigenvalue weighted by molar-refractivity contribution is 0.301. The molecule has 0 N–H and O–H groups in total. The third-order valence-electron chi connectivity index (χ3n) is 2.45. The van der Waals surface area contributed by atoms with Gasteiger partial charge in [-0.15, -0.1) is 0 Å². The van der Waals surface area contributed by atoms with Crippen LogP contribution < -0.4 is 0 Å². The second-order valence-electron chi connectivity index (χ2n) is 4.33. The smallest absolute Gasteiger partial charge is 0.0629 e. The Hall–Kier alpha value is 0.412. The molecule has 0 fully saturated rings. The van der Waals surface area contributed by atoms with Gasteiger partial charge in [0.2, 0.25) is 0 Å². The van der Waals surface area contributed by atoms with Crippen LogP contribution in [0.2, 0.25) is 5.31 Å². The van der Waals surface area contributed by atoms with E-state index in [1.807, 2.05) is 7.17 Å². The molecule has 0 saturated heterocycles. The summed E-state index contributed by atoms with van der Waals surface area (Å²) in [6.45, 7) is 11.0. The Balaban J connectivity index is 0. The summed E-state index contributed by atoms with van der Waals surface area (Å²) in [6.07, 6.45) is 0. The monoisotopic (exact) mass is 164 g/mol. The largest absolute Gasteiger partial charge is 0.0677 e. The fraction of sp³-hybridized carbons (Fsp3) is 1.00. The van der Waals surface area contributed by atoms with Crippen LogP contribution in [0.3, 0.4) is 0 Å². The van der Waals surface area contributed by atoms with Gasteiger partial charge in [0.25, 0.3) is 0 Å². The summed E-state index contributed by atoms with van der Waals surface area (Å²) in [4.78, 5) is 0. The van der Waals surface area contributed by atoms with Crippen LogP contribution in [0.5, 0.6) is 0 Å². The van der Waals surface area contributed by atoms with Gasteiger partial charge in [-0.05, 0) is 16.4 Å². The SMILES string of the molecule is [B][B][B]C(C)(C)C(C)(C)C.[SiH4]. The molecule has 0 aromatic rings. The van der Waals surface area contributed by atoms with Crippen LogP contribution in [0.15, 0.2) is 0 Å². The van der Waals surface area contributed by atoms with E-state index >= 15 is 0 Å². The molecule has 60 valence electrons. The van der Waals surface area contributed by atoms with Gasteiger partial charge >= 0.3 is 0 Å². The molecule has 0 heterocycles. The molecule has 0 aliphatic rings. The van der Waals surface area contributed by atoms with Crippen molar-refractivity contribution in [3.63, 3.8) is 0 Å². The molecule has 0 rings (SSSR count). The van der Waals surface area contributed by atoms with Crippen LogP contribution in [0.25, 0.3) is 0 Å². The number of hydrogen-bond donors (Lipinski definition) is 0. The highest BCUT2D eigenvalue weighted by atomic mass is 28.1. The van der Waals surface area contributed by atoms with E-state index in [0.29, 0.717) is 0 Å². The Labute approximate surface area is 78.8 Å². The van der Waals surface area contributed by atoms with Gasteiger partial charge in [0.05, 0.1) is 7.17 Å². The Morgan fingerprint density at radius 1 is 1.00 bits per heavy atom. The Morgan fingerprint density at radius 2 is 1.36 bits per heavy atom. The zero-order chi connectivity index (χ0) is 8.41. The highest BCUT2D eigenvalue weighted by Crippen LogP contribution is 2.42. The van der Waals surface area contributed by atoms with E-state index in [2.05, 4.69) is 34.6 Å². The summed E-state index contributed by atoms with van der Waals surface area (Å²) in [5.74, 6) is 0. The van der Waals surface area contributed by atoms with Crippen LogP contribution in [-0.2, 0) is 0 Å². The van der Waals surface area contributed by atoms with E-state index in [9.17, 15) is 0 Å². The normalized spacial score (nSPS) is 11.7. The average Bonchev–Trinajstić information content (AvgIpc) is 1.61. The molecule has 0 amide bonds. The van der Waals surface area contributed by atoms with Gasteiger partial charge in [-0.3, -0.25) is 0 Å². The van der Waals surface area contributed by atoms with Crippen molar-refractivity contribution in [1.82, 2.24) is 0 Å². The summed E-state index contributed by atoms with van der Waals surface area (Å²) in [7, 11) is 9.01. The summed E-state index contributed by atoms with van der Waals surface area (Å²) in [6, 6.07) is 0. The van der Waals surface area contributed by atoms with Gasteiger partial charge in [0, 0.05) is 14.8 Å². The molecule has 4 heteroatoms. The minimum Gasteiger partial charge on any atom is -0.0677 e. The Bertz CT molecular complexity index is 107. The van der Waals surface area contributed by atoms with Crippen molar-refractivity contribution in [2.45, 2.75) is 39.9 Å². The highest BCUT2D eigenvalue weighted by molar-refractivity contribution is 7.24. The first-order valence-electron chi connectivity index (χ1n) is 3.71. The third-order valence-corrected chi connectivity index (χ3v) is 2.45. The van der Waals surface area contributed by atoms with Crippen LogP contribution in [0.1, 0.15) is 34.6 Å². The molecule has 0 unspecified atom stereocenters. The van der Waals surface area contributed by atoms with Crippen LogP contribution >= 0.6 is 0 Å². The van der Waals surface area contributed by atoms with Gasteiger partial charge in [0.15, 0.2) is 0 Å². The van der Waals surface area contributed by atoms with Gasteiger partial charge in [0.1, 0.15) is 0 Å². The topological polar surface area (TPSA) is 0 Å². The van der Waals surface area contributed by atoms with Crippen molar-refractivity contribution in [3.05, 3.63) is 0 Å². The first-order chi connectivity index (χ1) is 4.31. The van der Waals surface area contributed by atoms with E-state index in [0.717, 1.165) is 0 Å². The fourth-order valence-electron chi connectivity index (χ4n) is 0.491. The van der Waals surface area contributed by atoms with Crippen LogP contribution in [-0.4, -0.2) is 32.9 Å². The maximum absolute atomic E-state index is 5.33. The molecular formula is C7H19B3Si. The lowest BCUT2D eigenvalue weighted by Gasteiger charge is -2.39. The van der Waals surface area contributed by atoms with Crippen molar-refractivity contribution in [2.24, 2.45) is 5.41 Å². The summed E-state index contributed by atoms with van der Waals surface area (Å²) >= 11 is 0. The Kier molecular flexibility index (Phi) is 5.64. The zero-order valence-corrected chi connectivity index (χ0v) is 7.73. The molecule has 0 saturated carbocycles. The van der Waals surface area contributed by atoms with Gasteiger partial charge in [-0.25, -0.2) is 0 Å². The third kappa shape index (κ3) is 4.10. The molecule has 0 atom stereocenters. The van der Waals surface area contributed by atoms with E-state index in [-0.39, 0.29) is 21.7 Å². The highest BCUT2D eigenvalue weighted by Gasteiger charge is 2.30. The van der Waals surface area contributed by atoms with Crippen molar-refractivity contribution in [1.29, 1.82) is 0 Å². The minimum atomic E-state index is 0. The molecule has 0 aromatic carbocycles. The molecule has 0 aliphatic carbocycles. The first kappa shape index (κ1) is 14.0. The van der Waals surface area contributed by atoms with E-state index in [1.54, 1.807) is 7.06 Å². The molecule has 0 aliphatic heterocycles. The summed E-state index contributed by atoms with van der Waals surface area (Å²) < 4.78 is 0. The molecule has 0 spiro atoms. The van der Waals surface area contributed by atoms with Gasteiger partial charge in [-0.1, -0.05) is 39.9 Å². The van der Waals surface area contributed by atoms with E-state index in [1.165, 1.54) is 0 Å². The second kappa shape index (κ2) is 4.44. The molecule has 4 radical (unpaired) electrons. The predicted octanol–water partition coefficient (Wildman–Crippen LogP) is 0.186. The summed E-state index contributed by atoms with van der Waals surface area (Å²) in [5.41, 5.74) is 0.281. The second-order valence-corrected chi connectivity index (χ2v) is 4.33. The lowest BCUT2D eigenvalue weighted by atomic mass is 9.18. The van der Waals surface area contributed by atoms with Crippen molar-refractivity contribution < 1.29 is 0 Å². The number of rotatable bonds is 2. The maximum atomic E-state index is 5.33. The maximum Gasteiger partial charge on any atom is 0.0629 e. The standard InChI is InChI=1S/C7H15B3.H4Si/c1-6(2,3)7(4,5)9-10-8;/h1-5H3;1H4. The predicted molar refractivity (Wildman–Crippen MR) is 62.1 cm³/mol. The van der Waals surface area contributed by atoms with Gasteiger partial charge in [-0.2, -0.15) is 0 Å². The summed E-state index contributed by atoms with van der Waals surface area (Å²) in [5, 5.41) is 0.182. The molecule has 0 bridgehead atoms. The molecule has 0 aromatic heterocycles. The molecule has 0 nitrogen and oxygen atoms in total. The van der Waals surface area contributed by atoms with Crippen molar-refractivity contribution >= 4 is 32.9 Å². The van der Waals surface area contributed by atoms with E-state index < -0.39 is 0 Å².